The first-order valence-corrected chi connectivity index (χ1v) is 12.4. The second-order valence-corrected chi connectivity index (χ2v) is 8.56. The van der Waals surface area contributed by atoms with E-state index in [2.05, 4.69) is 67.9 Å². The van der Waals surface area contributed by atoms with Gasteiger partial charge in [0.1, 0.15) is 0 Å². The Kier molecular flexibility index (Phi) is 11.7. The fraction of sp³-hybridized carbons (Fsp3) is 0.607. The minimum atomic E-state index is 0.982. The maximum Gasteiger partial charge on any atom is 0.184 e. The largest absolute Gasteiger partial charge is 0.198 e. The molecule has 0 fully saturated rings. The van der Waals surface area contributed by atoms with Crippen LogP contribution in [0.3, 0.4) is 0 Å². The molecule has 0 bridgehead atoms. The molecule has 0 radical (unpaired) electrons. The zero-order chi connectivity index (χ0) is 20.7. The Morgan fingerprint density at radius 3 is 1.79 bits per heavy atom. The van der Waals surface area contributed by atoms with Crippen molar-refractivity contribution >= 4 is 0 Å². The number of aryl methyl sites for hydroxylation is 2. The first-order valence-electron chi connectivity index (χ1n) is 12.4. The summed E-state index contributed by atoms with van der Waals surface area (Å²) >= 11 is 0. The van der Waals surface area contributed by atoms with E-state index in [0.29, 0.717) is 0 Å². The molecule has 0 unspecified atom stereocenters. The molecule has 1 nitrogen and oxygen atoms in total. The van der Waals surface area contributed by atoms with Gasteiger partial charge in [0.15, 0.2) is 18.4 Å². The molecule has 0 aliphatic carbocycles. The van der Waals surface area contributed by atoms with Crippen molar-refractivity contribution in [2.24, 2.45) is 0 Å². The Morgan fingerprint density at radius 1 is 0.621 bits per heavy atom. The summed E-state index contributed by atoms with van der Waals surface area (Å²) in [6.07, 6.45) is 19.8. The minimum Gasteiger partial charge on any atom is -0.198 e. The first kappa shape index (κ1) is 23.6. The van der Waals surface area contributed by atoms with Crippen molar-refractivity contribution in [3.8, 4) is 0 Å². The molecular weight excluding hydrogens is 350 g/mol. The van der Waals surface area contributed by atoms with Crippen molar-refractivity contribution in [3.63, 3.8) is 0 Å². The van der Waals surface area contributed by atoms with Gasteiger partial charge in [0.2, 0.25) is 0 Å². The molecule has 0 saturated carbocycles. The molecular formula is C28H44N+. The molecule has 2 rings (SSSR count). The van der Waals surface area contributed by atoms with E-state index in [0.717, 1.165) is 19.4 Å². The molecule has 0 amide bonds. The summed E-state index contributed by atoms with van der Waals surface area (Å²) in [5.41, 5.74) is 5.86. The highest BCUT2D eigenvalue weighted by atomic mass is 15.0. The number of benzene rings is 1. The van der Waals surface area contributed by atoms with Crippen LogP contribution in [0, 0.1) is 0 Å². The number of unbranched alkanes of at least 4 members (excludes halogenated alkanes) is 9. The Hall–Kier alpha value is -1.63. The number of hydrogen-bond acceptors (Lipinski definition) is 0. The topological polar surface area (TPSA) is 3.88 Å². The summed E-state index contributed by atoms with van der Waals surface area (Å²) < 4.78 is 2.43. The van der Waals surface area contributed by atoms with Crippen molar-refractivity contribution in [3.05, 3.63) is 65.0 Å². The Balaban J connectivity index is 1.68. The monoisotopic (exact) mass is 394 g/mol. The molecule has 1 aromatic carbocycles. The summed E-state index contributed by atoms with van der Waals surface area (Å²) in [4.78, 5) is 0. The van der Waals surface area contributed by atoms with Crippen molar-refractivity contribution in [1.29, 1.82) is 0 Å². The molecule has 0 aliphatic heterocycles. The summed E-state index contributed by atoms with van der Waals surface area (Å²) in [7, 11) is 0. The van der Waals surface area contributed by atoms with Crippen LogP contribution in [0.15, 0.2) is 42.6 Å². The van der Waals surface area contributed by atoms with Gasteiger partial charge in [-0.25, -0.2) is 0 Å². The van der Waals surface area contributed by atoms with Gasteiger partial charge in [-0.05, 0) is 30.9 Å². The Morgan fingerprint density at radius 2 is 1.21 bits per heavy atom. The van der Waals surface area contributed by atoms with Crippen LogP contribution in [-0.4, -0.2) is 0 Å². The van der Waals surface area contributed by atoms with Gasteiger partial charge in [-0.3, -0.25) is 0 Å². The van der Waals surface area contributed by atoms with Gasteiger partial charge < -0.3 is 0 Å². The van der Waals surface area contributed by atoms with E-state index < -0.39 is 0 Å². The van der Waals surface area contributed by atoms with Crippen LogP contribution >= 0.6 is 0 Å². The molecule has 0 N–H and O–H groups in total. The smallest absolute Gasteiger partial charge is 0.184 e. The number of nitrogens with zero attached hydrogens (tertiary/aromatic N) is 1. The number of pyridine rings is 1. The third-order valence-electron chi connectivity index (χ3n) is 6.19. The second-order valence-electron chi connectivity index (χ2n) is 8.56. The van der Waals surface area contributed by atoms with Crippen LogP contribution < -0.4 is 4.57 Å². The zero-order valence-corrected chi connectivity index (χ0v) is 19.4. The van der Waals surface area contributed by atoms with Crippen LogP contribution in [0.1, 0.15) is 107 Å². The maximum atomic E-state index is 2.43. The number of aromatic nitrogens is 1. The lowest BCUT2D eigenvalue weighted by Crippen LogP contribution is -2.39. The first-order chi connectivity index (χ1) is 14.3. The van der Waals surface area contributed by atoms with E-state index >= 15 is 0 Å². The maximum absolute atomic E-state index is 2.43. The van der Waals surface area contributed by atoms with Gasteiger partial charge in [0, 0.05) is 23.6 Å². The standard InChI is InChI=1S/C28H44N/c1-4-7-8-9-10-11-12-13-14-15-17-25-19-21-26(22-20-25)24-29-23-16-18-27(5-2)28(29)6-3/h16,18-23H,4-15,17,24H2,1-3H3/q+1. The zero-order valence-electron chi connectivity index (χ0n) is 19.4. The van der Waals surface area contributed by atoms with E-state index in [1.54, 1.807) is 0 Å². The van der Waals surface area contributed by atoms with Gasteiger partial charge in [-0.1, -0.05) is 103 Å². The molecule has 0 saturated heterocycles. The summed E-state index contributed by atoms with van der Waals surface area (Å²) in [5.74, 6) is 0. The van der Waals surface area contributed by atoms with E-state index in [-0.39, 0.29) is 0 Å². The third-order valence-corrected chi connectivity index (χ3v) is 6.19. The second kappa shape index (κ2) is 14.4. The average molecular weight is 395 g/mol. The molecule has 1 heteroatoms. The van der Waals surface area contributed by atoms with Gasteiger partial charge >= 0.3 is 0 Å². The molecule has 0 spiro atoms. The van der Waals surface area contributed by atoms with Gasteiger partial charge in [-0.2, -0.15) is 4.57 Å². The third kappa shape index (κ3) is 8.72. The van der Waals surface area contributed by atoms with Crippen LogP contribution in [0.4, 0.5) is 0 Å². The summed E-state index contributed by atoms with van der Waals surface area (Å²) in [6, 6.07) is 13.8. The lowest BCUT2D eigenvalue weighted by atomic mass is 10.0. The van der Waals surface area contributed by atoms with Crippen LogP contribution in [0.2, 0.25) is 0 Å². The van der Waals surface area contributed by atoms with Crippen molar-refractivity contribution in [2.75, 3.05) is 0 Å². The average Bonchev–Trinajstić information content (AvgIpc) is 2.76. The predicted molar refractivity (Wildman–Crippen MR) is 126 cm³/mol. The summed E-state index contributed by atoms with van der Waals surface area (Å²) in [6.45, 7) is 7.79. The van der Waals surface area contributed by atoms with E-state index in [4.69, 9.17) is 0 Å². The van der Waals surface area contributed by atoms with Crippen LogP contribution in [-0.2, 0) is 25.8 Å². The van der Waals surface area contributed by atoms with Crippen molar-refractivity contribution < 1.29 is 4.57 Å². The van der Waals surface area contributed by atoms with Crippen LogP contribution in [0.25, 0.3) is 0 Å². The molecule has 1 heterocycles. The Bertz CT molecular complexity index is 671. The normalized spacial score (nSPS) is 11.1. The highest BCUT2D eigenvalue weighted by molar-refractivity contribution is 5.22. The fourth-order valence-electron chi connectivity index (χ4n) is 4.36. The number of hydrogen-bond donors (Lipinski definition) is 0. The van der Waals surface area contributed by atoms with Crippen molar-refractivity contribution in [2.45, 2.75) is 111 Å². The molecule has 160 valence electrons. The number of rotatable bonds is 15. The van der Waals surface area contributed by atoms with E-state index in [9.17, 15) is 0 Å². The van der Waals surface area contributed by atoms with Crippen LogP contribution in [0.5, 0.6) is 0 Å². The Labute approximate surface area is 180 Å². The lowest BCUT2D eigenvalue weighted by molar-refractivity contribution is -0.696. The van der Waals surface area contributed by atoms with Crippen molar-refractivity contribution in [1.82, 2.24) is 0 Å². The predicted octanol–water partition coefficient (Wildman–Crippen LogP) is 7.61. The minimum absolute atomic E-state index is 0.982. The molecule has 0 atom stereocenters. The van der Waals surface area contributed by atoms with Gasteiger partial charge in [0.05, 0.1) is 0 Å². The molecule has 1 aromatic heterocycles. The molecule has 0 aliphatic rings. The van der Waals surface area contributed by atoms with E-state index in [1.165, 1.54) is 93.0 Å². The molecule has 29 heavy (non-hydrogen) atoms. The highest BCUT2D eigenvalue weighted by Gasteiger charge is 2.13. The quantitative estimate of drug-likeness (QED) is 0.216. The molecule has 2 aromatic rings. The SMILES string of the molecule is CCCCCCCCCCCCc1ccc(C[n+]2cccc(CC)c2CC)cc1. The van der Waals surface area contributed by atoms with Gasteiger partial charge in [-0.15, -0.1) is 0 Å². The van der Waals surface area contributed by atoms with Gasteiger partial charge in [0.25, 0.3) is 0 Å². The highest BCUT2D eigenvalue weighted by Crippen LogP contribution is 2.13. The van der Waals surface area contributed by atoms with E-state index in [1.807, 2.05) is 0 Å². The fourth-order valence-corrected chi connectivity index (χ4v) is 4.36. The summed E-state index contributed by atoms with van der Waals surface area (Å²) in [5, 5.41) is 0. The lowest BCUT2D eigenvalue weighted by Gasteiger charge is -2.08.